The molecule has 1 saturated carbocycles. The zero-order valence-electron chi connectivity index (χ0n) is 12.6. The molecule has 1 unspecified atom stereocenters. The average Bonchev–Trinajstić information content (AvgIpc) is 2.80. The second kappa shape index (κ2) is 6.90. The van der Waals surface area contributed by atoms with E-state index in [-0.39, 0.29) is 18.4 Å². The molecule has 0 aromatic heterocycles. The average molecular weight is 293 g/mol. The number of morpholine rings is 1. The monoisotopic (exact) mass is 293 g/mol. The minimum atomic E-state index is -0.958. The van der Waals surface area contributed by atoms with Crippen LogP contribution in [0.5, 0.6) is 0 Å². The van der Waals surface area contributed by atoms with E-state index in [0.717, 1.165) is 25.7 Å². The van der Waals surface area contributed by atoms with Gasteiger partial charge in [-0.3, -0.25) is 9.59 Å². The molecule has 116 valence electrons. The van der Waals surface area contributed by atoms with Gasteiger partial charge < -0.3 is 15.0 Å². The lowest BCUT2D eigenvalue weighted by atomic mass is 9.80. The zero-order chi connectivity index (χ0) is 15.3. The van der Waals surface area contributed by atoms with Crippen LogP contribution in [0.4, 0.5) is 0 Å². The Labute approximate surface area is 125 Å². The van der Waals surface area contributed by atoms with Gasteiger partial charge in [-0.15, -0.1) is 0 Å². The molecule has 0 aromatic rings. The van der Waals surface area contributed by atoms with Gasteiger partial charge in [0.15, 0.2) is 0 Å². The number of nitriles is 1. The molecule has 0 aromatic carbocycles. The SMILES string of the molecule is CNC(=O)C1COCCN1C(=O)C1(C#N)CCCCCC1. The smallest absolute Gasteiger partial charge is 0.244 e. The molecule has 1 aliphatic heterocycles. The number of nitrogens with one attached hydrogen (secondary N) is 1. The van der Waals surface area contributed by atoms with Gasteiger partial charge in [-0.05, 0) is 12.8 Å². The van der Waals surface area contributed by atoms with Crippen LogP contribution in [0.2, 0.25) is 0 Å². The van der Waals surface area contributed by atoms with Crippen molar-refractivity contribution in [3.05, 3.63) is 0 Å². The van der Waals surface area contributed by atoms with E-state index in [1.807, 2.05) is 0 Å². The van der Waals surface area contributed by atoms with E-state index < -0.39 is 11.5 Å². The van der Waals surface area contributed by atoms with Crippen LogP contribution in [0.1, 0.15) is 38.5 Å². The lowest BCUT2D eigenvalue weighted by Gasteiger charge is -2.38. The number of ether oxygens (including phenoxy) is 1. The van der Waals surface area contributed by atoms with Crippen LogP contribution in [0.3, 0.4) is 0 Å². The minimum Gasteiger partial charge on any atom is -0.377 e. The summed E-state index contributed by atoms with van der Waals surface area (Å²) in [6.07, 6.45) is 5.13. The van der Waals surface area contributed by atoms with E-state index in [4.69, 9.17) is 4.74 Å². The second-order valence-corrected chi connectivity index (χ2v) is 5.81. The molecule has 0 bridgehead atoms. The lowest BCUT2D eigenvalue weighted by Crippen LogP contribution is -2.58. The molecular weight excluding hydrogens is 270 g/mol. The van der Waals surface area contributed by atoms with Gasteiger partial charge in [-0.2, -0.15) is 5.26 Å². The highest BCUT2D eigenvalue weighted by Gasteiger charge is 2.45. The Balaban J connectivity index is 2.22. The fraction of sp³-hybridized carbons (Fsp3) is 0.800. The number of hydrogen-bond donors (Lipinski definition) is 1. The molecule has 6 heteroatoms. The molecule has 6 nitrogen and oxygen atoms in total. The van der Waals surface area contributed by atoms with Gasteiger partial charge >= 0.3 is 0 Å². The molecule has 0 radical (unpaired) electrons. The van der Waals surface area contributed by atoms with Crippen molar-refractivity contribution in [2.45, 2.75) is 44.6 Å². The summed E-state index contributed by atoms with van der Waals surface area (Å²) >= 11 is 0. The summed E-state index contributed by atoms with van der Waals surface area (Å²) in [5, 5.41) is 12.2. The first-order chi connectivity index (χ1) is 10.1. The van der Waals surface area contributed by atoms with Crippen LogP contribution in [-0.4, -0.2) is 49.6 Å². The molecule has 1 aliphatic carbocycles. The molecule has 2 rings (SSSR count). The molecule has 21 heavy (non-hydrogen) atoms. The van der Waals surface area contributed by atoms with Gasteiger partial charge in [0.05, 0.1) is 19.3 Å². The molecule has 1 atom stereocenters. The quantitative estimate of drug-likeness (QED) is 0.764. The maximum absolute atomic E-state index is 13.0. The fourth-order valence-electron chi connectivity index (χ4n) is 3.21. The Kier molecular flexibility index (Phi) is 5.18. The predicted octanol–water partition coefficient (Wildman–Crippen LogP) is 0.824. The van der Waals surface area contributed by atoms with Gasteiger partial charge in [-0.25, -0.2) is 0 Å². The van der Waals surface area contributed by atoms with Gasteiger partial charge in [-0.1, -0.05) is 25.7 Å². The summed E-state index contributed by atoms with van der Waals surface area (Å²) in [5.41, 5.74) is -0.958. The van der Waals surface area contributed by atoms with Crippen molar-refractivity contribution in [1.29, 1.82) is 5.26 Å². The van der Waals surface area contributed by atoms with Crippen molar-refractivity contribution < 1.29 is 14.3 Å². The topological polar surface area (TPSA) is 82.4 Å². The van der Waals surface area contributed by atoms with Crippen LogP contribution in [0, 0.1) is 16.7 Å². The van der Waals surface area contributed by atoms with Gasteiger partial charge in [0, 0.05) is 13.6 Å². The maximum Gasteiger partial charge on any atom is 0.244 e. The predicted molar refractivity (Wildman–Crippen MR) is 76.1 cm³/mol. The highest BCUT2D eigenvalue weighted by atomic mass is 16.5. The summed E-state index contributed by atoms with van der Waals surface area (Å²) in [7, 11) is 1.55. The van der Waals surface area contributed by atoms with E-state index in [2.05, 4.69) is 11.4 Å². The second-order valence-electron chi connectivity index (χ2n) is 5.81. The number of carbonyl (C=O) groups excluding carboxylic acids is 2. The van der Waals surface area contributed by atoms with Crippen molar-refractivity contribution in [3.8, 4) is 6.07 Å². The van der Waals surface area contributed by atoms with Gasteiger partial charge in [0.25, 0.3) is 0 Å². The van der Waals surface area contributed by atoms with Crippen LogP contribution in [0.25, 0.3) is 0 Å². The molecule has 1 heterocycles. The molecule has 2 fully saturated rings. The van der Waals surface area contributed by atoms with E-state index in [9.17, 15) is 14.9 Å². The van der Waals surface area contributed by atoms with Crippen molar-refractivity contribution in [3.63, 3.8) is 0 Å². The number of amides is 2. The van der Waals surface area contributed by atoms with Crippen molar-refractivity contribution in [2.75, 3.05) is 26.8 Å². The number of carbonyl (C=O) groups is 2. The lowest BCUT2D eigenvalue weighted by molar-refractivity contribution is -0.154. The fourth-order valence-corrected chi connectivity index (χ4v) is 3.21. The molecule has 1 saturated heterocycles. The van der Waals surface area contributed by atoms with Gasteiger partial charge in [0.2, 0.25) is 11.8 Å². The highest BCUT2D eigenvalue weighted by Crippen LogP contribution is 2.37. The Morgan fingerprint density at radius 3 is 2.52 bits per heavy atom. The summed E-state index contributed by atoms with van der Waals surface area (Å²) in [4.78, 5) is 26.5. The molecular formula is C15H23N3O3. The van der Waals surface area contributed by atoms with Crippen molar-refractivity contribution >= 4 is 11.8 Å². The first kappa shape index (κ1) is 15.8. The largest absolute Gasteiger partial charge is 0.377 e. The third-order valence-corrected chi connectivity index (χ3v) is 4.52. The molecule has 1 N–H and O–H groups in total. The first-order valence-electron chi connectivity index (χ1n) is 7.66. The van der Waals surface area contributed by atoms with Crippen molar-refractivity contribution in [1.82, 2.24) is 10.2 Å². The third-order valence-electron chi connectivity index (χ3n) is 4.52. The third kappa shape index (κ3) is 3.18. The number of likely N-dealkylation sites (N-methyl/N-ethyl adjacent to an activating group) is 1. The van der Waals surface area contributed by atoms with Crippen LogP contribution >= 0.6 is 0 Å². The molecule has 2 amide bonds. The standard InChI is InChI=1S/C15H23N3O3/c1-17-13(19)12-10-21-9-8-18(12)14(20)15(11-16)6-4-2-3-5-7-15/h12H,2-10H2,1H3,(H,17,19). The summed E-state index contributed by atoms with van der Waals surface area (Å²) in [6.45, 7) is 0.994. The van der Waals surface area contributed by atoms with E-state index in [1.54, 1.807) is 11.9 Å². The highest BCUT2D eigenvalue weighted by molar-refractivity contribution is 5.91. The summed E-state index contributed by atoms with van der Waals surface area (Å²) in [5.74, 6) is -0.423. The maximum atomic E-state index is 13.0. The Bertz CT molecular complexity index is 436. The normalized spacial score (nSPS) is 25.5. The Morgan fingerprint density at radius 2 is 1.95 bits per heavy atom. The first-order valence-corrected chi connectivity index (χ1v) is 7.66. The Hall–Kier alpha value is -1.61. The van der Waals surface area contributed by atoms with E-state index in [0.29, 0.717) is 26.0 Å². The van der Waals surface area contributed by atoms with E-state index in [1.165, 1.54) is 0 Å². The summed E-state index contributed by atoms with van der Waals surface area (Å²) < 4.78 is 5.33. The van der Waals surface area contributed by atoms with Crippen LogP contribution < -0.4 is 5.32 Å². The number of nitrogens with zero attached hydrogens (tertiary/aromatic N) is 2. The molecule has 0 spiro atoms. The van der Waals surface area contributed by atoms with Crippen LogP contribution in [-0.2, 0) is 14.3 Å². The number of rotatable bonds is 2. The van der Waals surface area contributed by atoms with Gasteiger partial charge in [0.1, 0.15) is 11.5 Å². The number of hydrogen-bond acceptors (Lipinski definition) is 4. The van der Waals surface area contributed by atoms with E-state index >= 15 is 0 Å². The van der Waals surface area contributed by atoms with Crippen molar-refractivity contribution in [2.24, 2.45) is 5.41 Å². The minimum absolute atomic E-state index is 0.191. The zero-order valence-corrected chi connectivity index (χ0v) is 12.6. The summed E-state index contributed by atoms with van der Waals surface area (Å²) in [6, 6.07) is 1.65. The Morgan fingerprint density at radius 1 is 1.29 bits per heavy atom. The van der Waals surface area contributed by atoms with Crippen LogP contribution in [0.15, 0.2) is 0 Å². The molecule has 2 aliphatic rings.